The molecule has 0 aliphatic heterocycles. The molecule has 0 unspecified atom stereocenters. The molecule has 5 heteroatoms. The summed E-state index contributed by atoms with van der Waals surface area (Å²) >= 11 is 0. The van der Waals surface area contributed by atoms with Crippen LogP contribution in [0.5, 0.6) is 0 Å². The normalized spacial score (nSPS) is 15.8. The van der Waals surface area contributed by atoms with Crippen LogP contribution in [-0.2, 0) is 19.5 Å². The molecule has 2 radical (unpaired) electrons. The smallest absolute Gasteiger partial charge is 0.577 e. The van der Waals surface area contributed by atoms with Crippen molar-refractivity contribution in [3.05, 3.63) is 38.7 Å². The number of rotatable bonds is 1. The van der Waals surface area contributed by atoms with Crippen LogP contribution in [0.2, 0.25) is 0 Å². The Morgan fingerprint density at radius 1 is 0.667 bits per heavy atom. The molecule has 0 atom stereocenters. The molecular formula is C16H29NO3Ru. The topological polar surface area (TPSA) is 79.8 Å². The van der Waals surface area contributed by atoms with Crippen molar-refractivity contribution in [2.24, 2.45) is 0 Å². The predicted molar refractivity (Wildman–Crippen MR) is 85.0 cm³/mol. The minimum atomic E-state index is -1.01. The van der Waals surface area contributed by atoms with Gasteiger partial charge in [-0.15, -0.1) is 0 Å². The van der Waals surface area contributed by atoms with E-state index in [-0.39, 0.29) is 19.5 Å². The average Bonchev–Trinajstić information content (AvgIpc) is 2.48. The van der Waals surface area contributed by atoms with Crippen molar-refractivity contribution in [3.63, 3.8) is 0 Å². The van der Waals surface area contributed by atoms with Gasteiger partial charge in [0.05, 0.1) is 11.2 Å². The molecule has 1 rings (SSSR count). The maximum absolute atomic E-state index is 9.10. The van der Waals surface area contributed by atoms with E-state index in [1.54, 1.807) is 27.7 Å². The van der Waals surface area contributed by atoms with Gasteiger partial charge in [0.15, 0.2) is 0 Å². The molecule has 21 heavy (non-hydrogen) atoms. The summed E-state index contributed by atoms with van der Waals surface area (Å²) in [5, 5.41) is 18.2. The molecule has 0 aromatic carbocycles. The van der Waals surface area contributed by atoms with E-state index >= 15 is 0 Å². The molecule has 0 saturated carbocycles. The molecular weight excluding hydrogens is 355 g/mol. The van der Waals surface area contributed by atoms with Crippen molar-refractivity contribution < 1.29 is 29.7 Å². The standard InChI is InChI=1S/C10H15.C6H14O2.NO.Ru/c1-6-7(2)9(4)10(5)8(6)3;1-5(2,7)6(3,4)8;1-2;/h1-5H3;7-8H,1-4H3;;/q;;-1;+1. The zero-order valence-electron chi connectivity index (χ0n) is 14.6. The van der Waals surface area contributed by atoms with Crippen molar-refractivity contribution in [2.45, 2.75) is 73.5 Å². The SMILES string of the molecule is CC(C)(O)C(C)(C)O.C[C]1C(C)=C(C)C(C)=C1C.[N-]=O.[Ru+]. The van der Waals surface area contributed by atoms with Gasteiger partial charge < -0.3 is 20.7 Å². The third-order valence-electron chi connectivity index (χ3n) is 4.31. The molecule has 0 fully saturated rings. The van der Waals surface area contributed by atoms with Gasteiger partial charge in [-0.05, 0) is 66.5 Å². The van der Waals surface area contributed by atoms with Crippen LogP contribution in [0.3, 0.4) is 0 Å². The summed E-state index contributed by atoms with van der Waals surface area (Å²) in [4.78, 5) is 7.25. The van der Waals surface area contributed by atoms with Gasteiger partial charge in [0, 0.05) is 5.92 Å². The van der Waals surface area contributed by atoms with Crippen LogP contribution in [-0.4, -0.2) is 21.4 Å². The second-order valence-electron chi connectivity index (χ2n) is 6.24. The quantitative estimate of drug-likeness (QED) is 0.668. The Bertz CT molecular complexity index is 351. The molecule has 0 heterocycles. The Kier molecular flexibility index (Phi) is 11.7. The molecule has 2 N–H and O–H groups in total. The van der Waals surface area contributed by atoms with E-state index < -0.39 is 11.2 Å². The molecule has 4 nitrogen and oxygen atoms in total. The number of allylic oxidation sites excluding steroid dienone is 4. The van der Waals surface area contributed by atoms with E-state index in [1.165, 1.54) is 28.2 Å². The average molecular weight is 384 g/mol. The number of aliphatic hydroxyl groups is 2. The summed E-state index contributed by atoms with van der Waals surface area (Å²) in [7, 11) is 0. The summed E-state index contributed by atoms with van der Waals surface area (Å²) in [5.74, 6) is 1.47. The molecule has 124 valence electrons. The van der Waals surface area contributed by atoms with Crippen molar-refractivity contribution in [1.29, 1.82) is 0 Å². The van der Waals surface area contributed by atoms with Crippen molar-refractivity contribution in [1.82, 2.24) is 0 Å². The maximum Gasteiger partial charge on any atom is 1.00 e. The van der Waals surface area contributed by atoms with Crippen LogP contribution >= 0.6 is 0 Å². The molecule has 0 saturated heterocycles. The van der Waals surface area contributed by atoms with E-state index in [1.807, 2.05) is 0 Å². The first-order chi connectivity index (χ1) is 8.80. The third-order valence-corrected chi connectivity index (χ3v) is 4.31. The second-order valence-corrected chi connectivity index (χ2v) is 6.24. The number of nitroso groups, excluding NO2 is 1. The number of hydrogen-bond donors (Lipinski definition) is 2. The summed E-state index contributed by atoms with van der Waals surface area (Å²) in [6.07, 6.45) is 0. The molecule has 0 bridgehead atoms. The van der Waals surface area contributed by atoms with Gasteiger partial charge in [0.25, 0.3) is 0 Å². The Morgan fingerprint density at radius 3 is 0.905 bits per heavy atom. The Labute approximate surface area is 142 Å². The van der Waals surface area contributed by atoms with Gasteiger partial charge in [-0.1, -0.05) is 18.1 Å². The fourth-order valence-electron chi connectivity index (χ4n) is 1.41. The zero-order chi connectivity index (χ0) is 16.9. The van der Waals surface area contributed by atoms with Crippen molar-refractivity contribution in [3.8, 4) is 0 Å². The van der Waals surface area contributed by atoms with Crippen LogP contribution in [0.1, 0.15) is 62.3 Å². The van der Waals surface area contributed by atoms with Gasteiger partial charge in [0.1, 0.15) is 0 Å². The molecule has 0 aromatic rings. The van der Waals surface area contributed by atoms with Crippen molar-refractivity contribution in [2.75, 3.05) is 0 Å². The van der Waals surface area contributed by atoms with Crippen molar-refractivity contribution >= 4 is 0 Å². The van der Waals surface area contributed by atoms with E-state index in [9.17, 15) is 0 Å². The second kappa shape index (κ2) is 9.60. The van der Waals surface area contributed by atoms with Crippen LogP contribution in [0, 0.1) is 10.8 Å². The number of hydrogen-bond acceptors (Lipinski definition) is 3. The van der Waals surface area contributed by atoms with E-state index in [4.69, 9.17) is 20.7 Å². The van der Waals surface area contributed by atoms with E-state index in [2.05, 4.69) is 34.6 Å². The van der Waals surface area contributed by atoms with Gasteiger partial charge >= 0.3 is 19.5 Å². The predicted octanol–water partition coefficient (Wildman–Crippen LogP) is 4.12. The first-order valence-electron chi connectivity index (χ1n) is 6.63. The fourth-order valence-corrected chi connectivity index (χ4v) is 1.41. The minimum Gasteiger partial charge on any atom is -0.577 e. The minimum absolute atomic E-state index is 0. The fraction of sp³-hybridized carbons (Fsp3) is 0.688. The molecule has 1 aliphatic carbocycles. The Morgan fingerprint density at radius 2 is 0.857 bits per heavy atom. The zero-order valence-corrected chi connectivity index (χ0v) is 16.3. The Hall–Kier alpha value is -0.377. The first-order valence-corrected chi connectivity index (χ1v) is 6.63. The summed E-state index contributed by atoms with van der Waals surface area (Å²) in [6, 6.07) is 0. The van der Waals surface area contributed by atoms with Crippen LogP contribution < -0.4 is 0 Å². The third kappa shape index (κ3) is 7.44. The maximum atomic E-state index is 9.10. The van der Waals surface area contributed by atoms with Gasteiger partial charge in [-0.25, -0.2) is 0 Å². The van der Waals surface area contributed by atoms with Gasteiger partial charge in [0.2, 0.25) is 0 Å². The summed E-state index contributed by atoms with van der Waals surface area (Å²) < 4.78 is 0. The largest absolute Gasteiger partial charge is 1.00 e. The van der Waals surface area contributed by atoms with E-state index in [0.29, 0.717) is 0 Å². The summed E-state index contributed by atoms with van der Waals surface area (Å²) in [5.41, 5.74) is 9.61. The van der Waals surface area contributed by atoms with Gasteiger partial charge in [-0.2, -0.15) is 0 Å². The number of nitrogens with zero attached hydrogens (tertiary/aromatic N) is 1. The van der Waals surface area contributed by atoms with Crippen LogP contribution in [0.25, 0.3) is 5.59 Å². The monoisotopic (exact) mass is 385 g/mol. The molecule has 0 amide bonds. The van der Waals surface area contributed by atoms with Crippen LogP contribution in [0.15, 0.2) is 22.3 Å². The van der Waals surface area contributed by atoms with Gasteiger partial charge in [-0.3, -0.25) is 0 Å². The van der Waals surface area contributed by atoms with E-state index in [0.717, 1.165) is 0 Å². The Balaban J connectivity index is -0.000000270. The molecule has 1 aliphatic rings. The van der Waals surface area contributed by atoms with Crippen LogP contribution in [0.4, 0.5) is 0 Å². The summed E-state index contributed by atoms with van der Waals surface area (Å²) in [6.45, 7) is 17.3. The molecule has 0 aromatic heterocycles. The molecule has 0 spiro atoms. The first kappa shape index (κ1) is 25.6.